The highest BCUT2D eigenvalue weighted by atomic mass is 16.4. The molecule has 0 aliphatic rings. The summed E-state index contributed by atoms with van der Waals surface area (Å²) in [6, 6.07) is 19.2. The van der Waals surface area contributed by atoms with Crippen molar-refractivity contribution in [2.24, 2.45) is 0 Å². The maximum atomic E-state index is 11.6. The number of carboxylic acid groups (broad SMARTS) is 1. The number of imidazole rings is 1. The van der Waals surface area contributed by atoms with Crippen molar-refractivity contribution in [2.45, 2.75) is 39.7 Å². The fourth-order valence-corrected chi connectivity index (χ4v) is 3.91. The third-order valence-electron chi connectivity index (χ3n) is 5.55. The van der Waals surface area contributed by atoms with Crippen molar-refractivity contribution in [3.8, 4) is 11.1 Å². The highest BCUT2D eigenvalue weighted by Crippen LogP contribution is 2.25. The van der Waals surface area contributed by atoms with Crippen LogP contribution in [0.4, 0.5) is 5.82 Å². The second-order valence-corrected chi connectivity index (χ2v) is 7.83. The summed E-state index contributed by atoms with van der Waals surface area (Å²) in [6.07, 6.45) is 3.10. The van der Waals surface area contributed by atoms with Gasteiger partial charge in [0.2, 0.25) is 0 Å². The molecule has 4 aromatic rings. The average Bonchev–Trinajstić information content (AvgIpc) is 3.15. The lowest BCUT2D eigenvalue weighted by molar-refractivity contribution is 0.0697. The number of unbranched alkanes of at least 4 members (excludes halogenated alkanes) is 1. The van der Waals surface area contributed by atoms with E-state index in [4.69, 9.17) is 9.97 Å². The number of fused-ring (bicyclic) bond motifs is 1. The quantitative estimate of drug-likeness (QED) is 0.362. The van der Waals surface area contributed by atoms with Gasteiger partial charge in [-0.15, -0.1) is 0 Å². The molecule has 0 radical (unpaired) electrons. The fourth-order valence-electron chi connectivity index (χ4n) is 3.91. The lowest BCUT2D eigenvalue weighted by Gasteiger charge is -2.11. The van der Waals surface area contributed by atoms with E-state index in [2.05, 4.69) is 35.9 Å². The van der Waals surface area contributed by atoms with Crippen molar-refractivity contribution in [3.63, 3.8) is 0 Å². The molecule has 0 atom stereocenters. The van der Waals surface area contributed by atoms with E-state index in [-0.39, 0.29) is 0 Å². The molecule has 164 valence electrons. The number of carbonyl (C=O) groups is 1. The molecule has 0 saturated heterocycles. The number of hydrogen-bond donors (Lipinski definition) is 2. The molecule has 2 N–H and O–H groups in total. The molecule has 4 rings (SSSR count). The Bertz CT molecular complexity index is 1230. The van der Waals surface area contributed by atoms with Crippen molar-refractivity contribution in [1.82, 2.24) is 14.5 Å². The van der Waals surface area contributed by atoms with Crippen LogP contribution in [-0.2, 0) is 13.0 Å². The Morgan fingerprint density at radius 1 is 1.00 bits per heavy atom. The van der Waals surface area contributed by atoms with Crippen LogP contribution in [0.25, 0.3) is 22.3 Å². The Balaban J connectivity index is 1.68. The summed E-state index contributed by atoms with van der Waals surface area (Å²) in [6.45, 7) is 5.72. The molecular formula is C26H28N4O2. The number of nitrogens with one attached hydrogen (secondary N) is 1. The van der Waals surface area contributed by atoms with Crippen molar-refractivity contribution < 1.29 is 9.90 Å². The molecule has 0 saturated carbocycles. The van der Waals surface area contributed by atoms with Gasteiger partial charge >= 0.3 is 5.97 Å². The molecule has 32 heavy (non-hydrogen) atoms. The summed E-state index contributed by atoms with van der Waals surface area (Å²) in [7, 11) is 0. The lowest BCUT2D eigenvalue weighted by atomic mass is 9.99. The standard InChI is InChI=1S/C26H28N4O2/c1-3-5-10-24-28-22-15-16-23(27-4-2)29-25(22)30(24)17-18-11-13-19(14-12-18)20-8-6-7-9-21(20)26(31)32/h6-9,11-16H,3-5,10,17H2,1-2H3,(H,27,29)(H,31,32). The first kappa shape index (κ1) is 21.6. The molecule has 0 unspecified atom stereocenters. The Kier molecular flexibility index (Phi) is 6.50. The zero-order chi connectivity index (χ0) is 22.5. The van der Waals surface area contributed by atoms with E-state index in [1.165, 1.54) is 0 Å². The fraction of sp³-hybridized carbons (Fsp3) is 0.269. The zero-order valence-electron chi connectivity index (χ0n) is 18.5. The number of benzene rings is 2. The second-order valence-electron chi connectivity index (χ2n) is 7.83. The van der Waals surface area contributed by atoms with Gasteiger partial charge in [-0.1, -0.05) is 55.8 Å². The monoisotopic (exact) mass is 428 g/mol. The maximum absolute atomic E-state index is 11.6. The normalized spacial score (nSPS) is 11.1. The molecule has 2 aromatic heterocycles. The highest BCUT2D eigenvalue weighted by molar-refractivity contribution is 5.96. The summed E-state index contributed by atoms with van der Waals surface area (Å²) in [5, 5.41) is 12.8. The molecule has 0 spiro atoms. The number of aromatic carboxylic acids is 1. The van der Waals surface area contributed by atoms with Gasteiger partial charge in [-0.05, 0) is 48.2 Å². The first-order chi connectivity index (χ1) is 15.6. The molecule has 6 heteroatoms. The third kappa shape index (κ3) is 4.49. The molecular weight excluding hydrogens is 400 g/mol. The minimum atomic E-state index is -0.919. The molecule has 0 aliphatic carbocycles. The largest absolute Gasteiger partial charge is 0.478 e. The molecule has 0 aliphatic heterocycles. The number of pyridine rings is 1. The number of nitrogens with zero attached hydrogens (tertiary/aromatic N) is 3. The molecule has 6 nitrogen and oxygen atoms in total. The minimum Gasteiger partial charge on any atom is -0.478 e. The molecule has 0 amide bonds. The summed E-state index contributed by atoms with van der Waals surface area (Å²) in [5.41, 5.74) is 4.83. The second kappa shape index (κ2) is 9.64. The van der Waals surface area contributed by atoms with Crippen LogP contribution in [0, 0.1) is 0 Å². The van der Waals surface area contributed by atoms with Gasteiger partial charge < -0.3 is 15.0 Å². The maximum Gasteiger partial charge on any atom is 0.336 e. The van der Waals surface area contributed by atoms with Gasteiger partial charge in [-0.2, -0.15) is 0 Å². The molecule has 0 bridgehead atoms. The van der Waals surface area contributed by atoms with E-state index in [9.17, 15) is 9.90 Å². The molecule has 2 aromatic carbocycles. The predicted molar refractivity (Wildman–Crippen MR) is 128 cm³/mol. The van der Waals surface area contributed by atoms with Crippen LogP contribution in [0.5, 0.6) is 0 Å². The number of aryl methyl sites for hydroxylation is 1. The van der Waals surface area contributed by atoms with E-state index in [1.54, 1.807) is 12.1 Å². The zero-order valence-corrected chi connectivity index (χ0v) is 18.5. The number of rotatable bonds is 9. The summed E-state index contributed by atoms with van der Waals surface area (Å²) >= 11 is 0. The highest BCUT2D eigenvalue weighted by Gasteiger charge is 2.14. The van der Waals surface area contributed by atoms with Crippen molar-refractivity contribution in [1.29, 1.82) is 0 Å². The van der Waals surface area contributed by atoms with Gasteiger partial charge in [0.15, 0.2) is 5.65 Å². The van der Waals surface area contributed by atoms with Crippen LogP contribution in [0.3, 0.4) is 0 Å². The van der Waals surface area contributed by atoms with E-state index in [1.807, 2.05) is 36.4 Å². The van der Waals surface area contributed by atoms with Gasteiger partial charge in [-0.3, -0.25) is 0 Å². The van der Waals surface area contributed by atoms with Crippen LogP contribution in [0.1, 0.15) is 48.4 Å². The smallest absolute Gasteiger partial charge is 0.336 e. The first-order valence-electron chi connectivity index (χ1n) is 11.1. The van der Waals surface area contributed by atoms with Crippen molar-refractivity contribution in [2.75, 3.05) is 11.9 Å². The minimum absolute atomic E-state index is 0.308. The van der Waals surface area contributed by atoms with E-state index in [0.29, 0.717) is 12.1 Å². The Morgan fingerprint density at radius 3 is 2.50 bits per heavy atom. The Hall–Kier alpha value is -3.67. The first-order valence-corrected chi connectivity index (χ1v) is 11.1. The third-order valence-corrected chi connectivity index (χ3v) is 5.55. The number of hydrogen-bond acceptors (Lipinski definition) is 4. The van der Waals surface area contributed by atoms with Crippen LogP contribution < -0.4 is 5.32 Å². The van der Waals surface area contributed by atoms with Gasteiger partial charge in [0.1, 0.15) is 17.2 Å². The summed E-state index contributed by atoms with van der Waals surface area (Å²) < 4.78 is 2.20. The van der Waals surface area contributed by atoms with Crippen LogP contribution in [0.15, 0.2) is 60.7 Å². The Morgan fingerprint density at radius 2 is 1.78 bits per heavy atom. The summed E-state index contributed by atoms with van der Waals surface area (Å²) in [4.78, 5) is 21.2. The Labute approximate surface area is 188 Å². The SMILES string of the molecule is CCCCc1nc2ccc(NCC)nc2n1Cc1ccc(-c2ccccc2C(=O)O)cc1. The van der Waals surface area contributed by atoms with E-state index in [0.717, 1.165) is 65.3 Å². The van der Waals surface area contributed by atoms with Gasteiger partial charge in [0.25, 0.3) is 0 Å². The molecule has 2 heterocycles. The van der Waals surface area contributed by atoms with Crippen LogP contribution >= 0.6 is 0 Å². The van der Waals surface area contributed by atoms with Crippen LogP contribution in [-0.4, -0.2) is 32.2 Å². The van der Waals surface area contributed by atoms with Crippen LogP contribution in [0.2, 0.25) is 0 Å². The number of aromatic nitrogens is 3. The van der Waals surface area contributed by atoms with E-state index < -0.39 is 5.97 Å². The summed E-state index contributed by atoms with van der Waals surface area (Å²) in [5.74, 6) is 0.977. The van der Waals surface area contributed by atoms with Crippen molar-refractivity contribution >= 4 is 23.0 Å². The van der Waals surface area contributed by atoms with Crippen molar-refractivity contribution in [3.05, 3.63) is 77.6 Å². The lowest BCUT2D eigenvalue weighted by Crippen LogP contribution is -2.07. The number of anilines is 1. The van der Waals surface area contributed by atoms with Gasteiger partial charge in [0, 0.05) is 13.0 Å². The average molecular weight is 429 g/mol. The van der Waals surface area contributed by atoms with Gasteiger partial charge in [0.05, 0.1) is 12.1 Å². The predicted octanol–water partition coefficient (Wildman–Crippen LogP) is 5.62. The molecule has 0 fully saturated rings. The van der Waals surface area contributed by atoms with Gasteiger partial charge in [-0.25, -0.2) is 14.8 Å². The topological polar surface area (TPSA) is 80.0 Å². The van der Waals surface area contributed by atoms with E-state index >= 15 is 0 Å². The number of carboxylic acids is 1.